The zero-order valence-electron chi connectivity index (χ0n) is 13.8. The Morgan fingerprint density at radius 1 is 1.24 bits per heavy atom. The van der Waals surface area contributed by atoms with Crippen LogP contribution >= 0.6 is 11.6 Å². The predicted octanol–water partition coefficient (Wildman–Crippen LogP) is 2.14. The minimum Gasteiger partial charge on any atom is -0.454 e. The van der Waals surface area contributed by atoms with Gasteiger partial charge in [0.15, 0.2) is 6.61 Å². The van der Waals surface area contributed by atoms with Crippen LogP contribution in [0.15, 0.2) is 24.3 Å². The molecule has 0 aromatic heterocycles. The molecule has 0 bridgehead atoms. The molecule has 1 aromatic carbocycles. The van der Waals surface area contributed by atoms with E-state index in [-0.39, 0.29) is 17.9 Å². The number of hydrogen-bond acceptors (Lipinski definition) is 4. The molecule has 0 radical (unpaired) electrons. The number of nitrogens with two attached hydrogens (primary N) is 1. The fourth-order valence-corrected chi connectivity index (χ4v) is 4.16. The van der Waals surface area contributed by atoms with E-state index in [0.29, 0.717) is 17.0 Å². The molecule has 134 valence electrons. The van der Waals surface area contributed by atoms with E-state index in [1.165, 1.54) is 0 Å². The van der Waals surface area contributed by atoms with Crippen molar-refractivity contribution < 1.29 is 19.1 Å². The van der Waals surface area contributed by atoms with Crippen molar-refractivity contribution >= 4 is 29.4 Å². The molecule has 2 fully saturated rings. The molecule has 2 N–H and O–H groups in total. The fraction of sp³-hybridized carbons (Fsp3) is 0.500. The number of esters is 1. The SMILES string of the molecule is NC(=O)COC(=O)[C@@H]1C[C@H]2CCCC[C@H]2N1C(=O)c1cccc(Cl)c1. The minimum absolute atomic E-state index is 0.0198. The summed E-state index contributed by atoms with van der Waals surface area (Å²) in [5.41, 5.74) is 5.50. The number of nitrogens with zero attached hydrogens (tertiary/aromatic N) is 1. The van der Waals surface area contributed by atoms with Gasteiger partial charge in [0.05, 0.1) is 0 Å². The van der Waals surface area contributed by atoms with Crippen molar-refractivity contribution in [2.75, 3.05) is 6.61 Å². The summed E-state index contributed by atoms with van der Waals surface area (Å²) in [5, 5.41) is 0.470. The monoisotopic (exact) mass is 364 g/mol. The first-order chi connectivity index (χ1) is 12.0. The highest BCUT2D eigenvalue weighted by Gasteiger charge is 2.48. The fourth-order valence-electron chi connectivity index (χ4n) is 3.97. The van der Waals surface area contributed by atoms with Gasteiger partial charge in [0.25, 0.3) is 11.8 Å². The highest BCUT2D eigenvalue weighted by Crippen LogP contribution is 2.41. The topological polar surface area (TPSA) is 89.7 Å². The van der Waals surface area contributed by atoms with Gasteiger partial charge in [-0.25, -0.2) is 4.79 Å². The summed E-state index contributed by atoms with van der Waals surface area (Å²) in [5.74, 6) is -1.22. The zero-order valence-corrected chi connectivity index (χ0v) is 14.6. The summed E-state index contributed by atoms with van der Waals surface area (Å²) in [7, 11) is 0. The summed E-state index contributed by atoms with van der Waals surface area (Å²) in [4.78, 5) is 38.1. The maximum Gasteiger partial charge on any atom is 0.329 e. The average Bonchev–Trinajstić information content (AvgIpc) is 2.98. The number of hydrogen-bond donors (Lipinski definition) is 1. The summed E-state index contributed by atoms with van der Waals surface area (Å²) < 4.78 is 5.00. The lowest BCUT2D eigenvalue weighted by molar-refractivity contribution is -0.151. The maximum atomic E-state index is 13.1. The molecule has 0 spiro atoms. The van der Waals surface area contributed by atoms with Gasteiger partial charge in [-0.1, -0.05) is 30.5 Å². The number of carbonyl (C=O) groups is 3. The molecule has 1 aromatic rings. The number of primary amides is 1. The summed E-state index contributed by atoms with van der Waals surface area (Å²) in [6.07, 6.45) is 4.56. The quantitative estimate of drug-likeness (QED) is 0.829. The molecule has 0 unspecified atom stereocenters. The molecule has 3 atom stereocenters. The molecule has 1 saturated heterocycles. The Bertz CT molecular complexity index is 693. The minimum atomic E-state index is -0.712. The lowest BCUT2D eigenvalue weighted by atomic mass is 9.84. The van der Waals surface area contributed by atoms with E-state index in [0.717, 1.165) is 25.7 Å². The van der Waals surface area contributed by atoms with Crippen LogP contribution in [0.4, 0.5) is 0 Å². The predicted molar refractivity (Wildman–Crippen MR) is 91.9 cm³/mol. The standard InChI is InChI=1S/C18H21ClN2O4/c19-13-6-3-5-12(8-13)17(23)21-14-7-2-1-4-11(14)9-15(21)18(24)25-10-16(20)22/h3,5-6,8,11,14-15H,1-2,4,7,9-10H2,(H2,20,22)/t11-,14-,15+/m1/s1. The third-order valence-electron chi connectivity index (χ3n) is 5.02. The van der Waals surface area contributed by atoms with Crippen molar-refractivity contribution in [3.63, 3.8) is 0 Å². The van der Waals surface area contributed by atoms with E-state index in [9.17, 15) is 14.4 Å². The average molecular weight is 365 g/mol. The van der Waals surface area contributed by atoms with Crippen molar-refractivity contribution in [2.24, 2.45) is 11.7 Å². The second-order valence-corrected chi connectivity index (χ2v) is 7.10. The van der Waals surface area contributed by atoms with Gasteiger partial charge in [-0.05, 0) is 43.4 Å². The summed E-state index contributed by atoms with van der Waals surface area (Å²) in [6.45, 7) is -0.468. The van der Waals surface area contributed by atoms with Gasteiger partial charge >= 0.3 is 5.97 Å². The summed E-state index contributed by atoms with van der Waals surface area (Å²) in [6, 6.07) is 6.04. The Kier molecular flexibility index (Phi) is 5.27. The van der Waals surface area contributed by atoms with Crippen LogP contribution in [-0.2, 0) is 14.3 Å². The van der Waals surface area contributed by atoms with Gasteiger partial charge in [-0.3, -0.25) is 9.59 Å². The smallest absolute Gasteiger partial charge is 0.329 e. The number of amides is 2. The number of likely N-dealkylation sites (tertiary alicyclic amines) is 1. The van der Waals surface area contributed by atoms with Gasteiger partial charge in [0, 0.05) is 16.6 Å². The van der Waals surface area contributed by atoms with Crippen molar-refractivity contribution in [3.8, 4) is 0 Å². The number of benzene rings is 1. The first-order valence-corrected chi connectivity index (χ1v) is 8.88. The van der Waals surface area contributed by atoms with Crippen molar-refractivity contribution in [1.29, 1.82) is 0 Å². The van der Waals surface area contributed by atoms with E-state index in [1.54, 1.807) is 29.2 Å². The second kappa shape index (κ2) is 7.44. The number of halogens is 1. The Balaban J connectivity index is 1.86. The molecule has 6 nitrogen and oxygen atoms in total. The highest BCUT2D eigenvalue weighted by atomic mass is 35.5. The van der Waals surface area contributed by atoms with Crippen LogP contribution in [0, 0.1) is 5.92 Å². The summed E-state index contributed by atoms with van der Waals surface area (Å²) >= 11 is 6.00. The van der Waals surface area contributed by atoms with E-state index < -0.39 is 24.5 Å². The molecule has 2 aliphatic rings. The number of rotatable bonds is 4. The van der Waals surface area contributed by atoms with E-state index in [2.05, 4.69) is 0 Å². The lowest BCUT2D eigenvalue weighted by Crippen LogP contribution is -2.47. The molecular formula is C18H21ClN2O4. The highest BCUT2D eigenvalue weighted by molar-refractivity contribution is 6.31. The first kappa shape index (κ1) is 17.7. The van der Waals surface area contributed by atoms with Gasteiger partial charge in [-0.2, -0.15) is 0 Å². The Morgan fingerprint density at radius 2 is 2.00 bits per heavy atom. The van der Waals surface area contributed by atoms with Crippen LogP contribution < -0.4 is 5.73 Å². The second-order valence-electron chi connectivity index (χ2n) is 6.66. The van der Waals surface area contributed by atoms with Crippen LogP contribution in [0.1, 0.15) is 42.5 Å². The van der Waals surface area contributed by atoms with E-state index in [1.807, 2.05) is 0 Å². The van der Waals surface area contributed by atoms with Crippen LogP contribution in [0.2, 0.25) is 5.02 Å². The molecule has 1 saturated carbocycles. The van der Waals surface area contributed by atoms with Gasteiger partial charge in [-0.15, -0.1) is 0 Å². The third-order valence-corrected chi connectivity index (χ3v) is 5.26. The molecule has 1 aliphatic heterocycles. The Labute approximate surface area is 151 Å². The van der Waals surface area contributed by atoms with Gasteiger partial charge < -0.3 is 15.4 Å². The molecule has 7 heteroatoms. The van der Waals surface area contributed by atoms with Crippen LogP contribution in [-0.4, -0.2) is 41.4 Å². The van der Waals surface area contributed by atoms with E-state index >= 15 is 0 Å². The molecular weight excluding hydrogens is 344 g/mol. The molecule has 25 heavy (non-hydrogen) atoms. The van der Waals surface area contributed by atoms with Crippen molar-refractivity contribution in [2.45, 2.75) is 44.2 Å². The molecule has 1 heterocycles. The van der Waals surface area contributed by atoms with Crippen molar-refractivity contribution in [3.05, 3.63) is 34.9 Å². The largest absolute Gasteiger partial charge is 0.454 e. The van der Waals surface area contributed by atoms with Gasteiger partial charge in [0.2, 0.25) is 0 Å². The first-order valence-electron chi connectivity index (χ1n) is 8.50. The van der Waals surface area contributed by atoms with Crippen molar-refractivity contribution in [1.82, 2.24) is 4.90 Å². The van der Waals surface area contributed by atoms with Crippen LogP contribution in [0.3, 0.4) is 0 Å². The Hall–Kier alpha value is -2.08. The normalized spacial score (nSPS) is 25.3. The third kappa shape index (κ3) is 3.79. The van der Waals surface area contributed by atoms with Crippen LogP contribution in [0.5, 0.6) is 0 Å². The molecule has 2 amide bonds. The van der Waals surface area contributed by atoms with E-state index in [4.69, 9.17) is 22.1 Å². The molecule has 1 aliphatic carbocycles. The van der Waals surface area contributed by atoms with Crippen LogP contribution in [0.25, 0.3) is 0 Å². The zero-order chi connectivity index (χ0) is 18.0. The maximum absolute atomic E-state index is 13.1. The number of carbonyl (C=O) groups excluding carboxylic acids is 3. The number of fused-ring (bicyclic) bond motifs is 1. The van der Waals surface area contributed by atoms with Gasteiger partial charge in [0.1, 0.15) is 6.04 Å². The molecule has 3 rings (SSSR count). The number of ether oxygens (including phenoxy) is 1. The Morgan fingerprint density at radius 3 is 2.72 bits per heavy atom. The lowest BCUT2D eigenvalue weighted by Gasteiger charge is -2.33.